The van der Waals surface area contributed by atoms with Gasteiger partial charge in [-0.3, -0.25) is 67.5 Å². The number of carbonyl (C=O) groups is 11. The van der Waals surface area contributed by atoms with E-state index in [1.165, 1.54) is 43.2 Å². The molecule has 2 bridgehead atoms. The minimum atomic E-state index is -1.26. The second-order valence-electron chi connectivity index (χ2n) is 29.0. The molecule has 14 atom stereocenters. The number of amides is 12. The molecule has 4 fully saturated rings. The predicted molar refractivity (Wildman–Crippen MR) is 385 cm³/mol. The van der Waals surface area contributed by atoms with Gasteiger partial charge >= 0.3 is 6.03 Å². The van der Waals surface area contributed by atoms with Gasteiger partial charge in [0, 0.05) is 132 Å². The van der Waals surface area contributed by atoms with Gasteiger partial charge in [0.1, 0.15) is 24.2 Å². The number of nitrogens with one attached hydrogen (secondary N) is 5. The van der Waals surface area contributed by atoms with Crippen molar-refractivity contribution < 1.29 is 72.1 Å². The monoisotopic (exact) mass is 1430 g/mol. The van der Waals surface area contributed by atoms with E-state index in [-0.39, 0.29) is 80.8 Å². The average molecular weight is 1440 g/mol. The van der Waals surface area contributed by atoms with Crippen LogP contribution in [0.2, 0.25) is 0 Å². The van der Waals surface area contributed by atoms with Crippen molar-refractivity contribution in [3.8, 4) is 0 Å². The molecule has 4 saturated heterocycles. The number of aliphatic hydroxyl groups excluding tert-OH is 1. The van der Waals surface area contributed by atoms with Crippen LogP contribution in [0.15, 0.2) is 42.5 Å². The van der Waals surface area contributed by atoms with E-state index in [1.807, 2.05) is 41.8 Å². The van der Waals surface area contributed by atoms with Crippen LogP contribution in [-0.2, 0) is 62.2 Å². The normalized spacial score (nSPS) is 21.2. The van der Waals surface area contributed by atoms with Gasteiger partial charge in [0.05, 0.1) is 68.5 Å². The fourth-order valence-corrected chi connectivity index (χ4v) is 14.2. The zero-order valence-electron chi connectivity index (χ0n) is 63.2. The molecule has 2 unspecified atom stereocenters. The summed E-state index contributed by atoms with van der Waals surface area (Å²) < 4.78 is 18.2. The van der Waals surface area contributed by atoms with Crippen LogP contribution in [0.3, 0.4) is 0 Å². The number of hydrogen-bond acceptors (Lipinski definition) is 18. The van der Waals surface area contributed by atoms with Crippen molar-refractivity contribution in [2.24, 2.45) is 35.3 Å². The number of nitrogens with zero attached hydrogens (tertiary/aromatic N) is 8. The molecule has 102 heavy (non-hydrogen) atoms. The molecule has 5 aliphatic rings. The number of nitrogens with two attached hydrogens (primary N) is 1. The molecule has 1 aromatic carbocycles. The fourth-order valence-electron chi connectivity index (χ4n) is 14.2. The van der Waals surface area contributed by atoms with Crippen LogP contribution in [0.1, 0.15) is 139 Å². The first-order valence-electron chi connectivity index (χ1n) is 36.9. The van der Waals surface area contributed by atoms with Gasteiger partial charge in [-0.2, -0.15) is 0 Å². The maximum atomic E-state index is 15.1. The van der Waals surface area contributed by atoms with Crippen LogP contribution in [0.4, 0.5) is 4.79 Å². The third kappa shape index (κ3) is 25.3. The highest BCUT2D eigenvalue weighted by molar-refractivity contribution is 6.12. The summed E-state index contributed by atoms with van der Waals surface area (Å²) in [4.78, 5) is 166. The molecule has 5 aliphatic heterocycles. The van der Waals surface area contributed by atoms with Crippen LogP contribution in [0, 0.1) is 29.6 Å². The van der Waals surface area contributed by atoms with Gasteiger partial charge in [0.15, 0.2) is 0 Å². The lowest BCUT2D eigenvalue weighted by atomic mass is 9.89. The summed E-state index contributed by atoms with van der Waals surface area (Å²) in [5, 5.41) is 25.3. The van der Waals surface area contributed by atoms with Crippen LogP contribution in [0.5, 0.6) is 0 Å². The Balaban J connectivity index is 1.25. The number of ether oxygens (including phenoxy) is 3. The van der Waals surface area contributed by atoms with E-state index in [4.69, 9.17) is 19.9 Å². The van der Waals surface area contributed by atoms with Crippen LogP contribution >= 0.6 is 0 Å². The summed E-state index contributed by atoms with van der Waals surface area (Å²) in [6, 6.07) is 1.90. The fraction of sp³-hybridized carbons (Fsp3) is 0.740. The molecule has 8 N–H and O–H groups in total. The summed E-state index contributed by atoms with van der Waals surface area (Å²) in [6.45, 7) is 25.2. The molecule has 29 heteroatoms. The summed E-state index contributed by atoms with van der Waals surface area (Å²) in [5.41, 5.74) is 6.06. The second kappa shape index (κ2) is 42.6. The number of likely N-dealkylation sites (N-methyl/N-ethyl adjacent to an activating group) is 2. The molecular weight excluding hydrogens is 1310 g/mol. The zero-order valence-corrected chi connectivity index (χ0v) is 63.2. The summed E-state index contributed by atoms with van der Waals surface area (Å²) in [7, 11) is 6.10. The van der Waals surface area contributed by atoms with Gasteiger partial charge in [-0.1, -0.05) is 99.1 Å². The van der Waals surface area contributed by atoms with Crippen LogP contribution < -0.4 is 32.3 Å². The minimum Gasteiger partial charge on any atom is -0.386 e. The Morgan fingerprint density at radius 3 is 1.83 bits per heavy atom. The molecule has 5 heterocycles. The van der Waals surface area contributed by atoms with E-state index >= 15 is 4.79 Å². The van der Waals surface area contributed by atoms with Crippen molar-refractivity contribution in [3.05, 3.63) is 48.0 Å². The number of methoxy groups -OCH3 is 2. The molecule has 0 aromatic heterocycles. The van der Waals surface area contributed by atoms with E-state index in [0.717, 1.165) is 0 Å². The number of rotatable bonds is 36. The quantitative estimate of drug-likeness (QED) is 0.0371. The summed E-state index contributed by atoms with van der Waals surface area (Å²) >= 11 is 0. The molecule has 574 valence electrons. The average Bonchev–Trinajstić information content (AvgIpc) is 1.17. The Bertz CT molecular complexity index is 2900. The molecule has 0 saturated carbocycles. The molecule has 6 rings (SSSR count). The third-order valence-corrected chi connectivity index (χ3v) is 20.6. The summed E-state index contributed by atoms with van der Waals surface area (Å²) in [5.74, 6) is -6.37. The van der Waals surface area contributed by atoms with Crippen LogP contribution in [0.25, 0.3) is 0 Å². The lowest BCUT2D eigenvalue weighted by Crippen LogP contribution is -2.62. The molecule has 0 aliphatic carbocycles. The topological polar surface area (TPSA) is 348 Å². The molecule has 0 spiro atoms. The van der Waals surface area contributed by atoms with Gasteiger partial charge in [-0.15, -0.1) is 0 Å². The Morgan fingerprint density at radius 2 is 1.27 bits per heavy atom. The third-order valence-electron chi connectivity index (χ3n) is 20.6. The smallest absolute Gasteiger partial charge is 0.312 e. The highest BCUT2D eigenvalue weighted by Crippen LogP contribution is 2.31. The second-order valence-corrected chi connectivity index (χ2v) is 29.0. The number of benzene rings is 1. The van der Waals surface area contributed by atoms with Crippen molar-refractivity contribution in [1.29, 1.82) is 0 Å². The Morgan fingerprint density at radius 1 is 0.667 bits per heavy atom. The first-order valence-corrected chi connectivity index (χ1v) is 36.9. The number of hydrogen-bond donors (Lipinski definition) is 7. The molecule has 1 aromatic rings. The number of primary amides is 1. The number of fused-ring (bicyclic) bond motifs is 12. The number of carbonyl (C=O) groups excluding carboxylic acids is 11. The highest BCUT2D eigenvalue weighted by atomic mass is 16.5. The standard InChI is InChI=1S/C73H122N14O15/c1-15-50(8)65(56(100-13)45-61(92)86-32-22-26-55(86)67(101-14)51(9)68(94)76-52(10)66(93)53-23-17-16-18-24-53)81(12)72(98)63(48(4)5)79-70(96)64(49(6)7)80(11)71(97)54(25-21-30-75-73(74)99)77-69(95)62(47(2)3)78-57(88)46-84-35-33-82-37-39-85(40-38-83(34-36-84)42-44-102-43-41-82)58(89)27-19-20-31-87-59(90)28-29-60(87)91/h16-18,23-24,28-29,47-52,54-56,62-67,93H,15,19-22,25-27,30-46H2,1-14H3,(H,76,94)(H,77,95)(H,78,88)(H,79,96)(H3,74,75,99)/t50-,51+,52+,54-,55+,56+,62-,63-,64-,65-,66+,67+/m0/s1. The Labute approximate surface area is 604 Å². The lowest BCUT2D eigenvalue weighted by molar-refractivity contribution is -0.149. The predicted octanol–water partition coefficient (Wildman–Crippen LogP) is 1.72. The number of imide groups is 1. The van der Waals surface area contributed by atoms with E-state index < -0.39 is 120 Å². The largest absolute Gasteiger partial charge is 0.386 e. The zero-order chi connectivity index (χ0) is 75.5. The number of urea groups is 1. The maximum Gasteiger partial charge on any atom is 0.312 e. The molecule has 0 radical (unpaired) electrons. The molecular formula is C73H122N14O15. The van der Waals surface area contributed by atoms with Crippen molar-refractivity contribution in [2.75, 3.05) is 133 Å². The first kappa shape index (κ1) is 85.5. The first-order chi connectivity index (χ1) is 48.4. The van der Waals surface area contributed by atoms with Crippen molar-refractivity contribution in [2.45, 2.75) is 188 Å². The molecule has 29 nitrogen and oxygen atoms in total. The van der Waals surface area contributed by atoms with Gasteiger partial charge < -0.3 is 71.2 Å². The van der Waals surface area contributed by atoms with Crippen molar-refractivity contribution in [1.82, 2.24) is 65.8 Å². The van der Waals surface area contributed by atoms with E-state index in [2.05, 4.69) is 36.4 Å². The van der Waals surface area contributed by atoms with Crippen molar-refractivity contribution >= 4 is 65.1 Å². The van der Waals surface area contributed by atoms with Crippen LogP contribution in [-0.4, -0.2) is 297 Å². The van der Waals surface area contributed by atoms with Gasteiger partial charge in [-0.05, 0) is 74.7 Å². The number of unbranched alkanes of at least 4 members (excludes halogenated alkanes) is 1. The van der Waals surface area contributed by atoms with E-state index in [0.29, 0.717) is 123 Å². The maximum absolute atomic E-state index is 15.1. The molecule has 12 amide bonds. The Kier molecular flexibility index (Phi) is 35.7. The lowest BCUT2D eigenvalue weighted by Gasteiger charge is -2.41. The highest BCUT2D eigenvalue weighted by Gasteiger charge is 2.45. The Hall–Kier alpha value is -7.15. The minimum absolute atomic E-state index is 0.00182. The van der Waals surface area contributed by atoms with Gasteiger partial charge in [-0.25, -0.2) is 4.79 Å². The van der Waals surface area contributed by atoms with Crippen molar-refractivity contribution in [3.63, 3.8) is 0 Å². The SMILES string of the molecule is CC[C@H](C)[C@@H]([C@@H](CC(=O)N1CCC[C@@H]1[C@H](OC)[C@@H](C)C(=O)N[C@H](C)[C@@H](O)c1ccccc1)OC)N(C)C(=O)[C@@H](NC(=O)[C@H](C(C)C)N(C)C(=O)[C@H](CCCNC(N)=O)NC(=O)[C@@H](NC(=O)CN1CCN2CCOCCN(CC1)CCN(C(=O)CCCCN1C(=O)C=CC1=O)CC2)C(C)C)C(C)C. The van der Waals surface area contributed by atoms with Gasteiger partial charge in [0.2, 0.25) is 47.3 Å². The number of likely N-dealkylation sites (tertiary alicyclic amines) is 1. The van der Waals surface area contributed by atoms with E-state index in [9.17, 15) is 53.1 Å². The summed E-state index contributed by atoms with van der Waals surface area (Å²) in [6.07, 6.45) is 3.33. The van der Waals surface area contributed by atoms with Gasteiger partial charge in [0.25, 0.3) is 11.8 Å². The van der Waals surface area contributed by atoms with E-state index in [1.54, 1.807) is 84.4 Å². The number of aliphatic hydroxyl groups is 1.